The van der Waals surface area contributed by atoms with Gasteiger partial charge in [-0.1, -0.05) is 0 Å². The van der Waals surface area contributed by atoms with Crippen molar-refractivity contribution in [1.82, 2.24) is 14.8 Å². The maximum Gasteiger partial charge on any atom is 0.344 e. The van der Waals surface area contributed by atoms with Crippen molar-refractivity contribution >= 4 is 11.8 Å². The number of nitrogens with one attached hydrogen (secondary N) is 1. The average Bonchev–Trinajstić information content (AvgIpc) is 2.74. The first-order valence-corrected chi connectivity index (χ1v) is 6.69. The Kier molecular flexibility index (Phi) is 4.24. The fourth-order valence-electron chi connectivity index (χ4n) is 1.71. The van der Waals surface area contributed by atoms with Crippen LogP contribution >= 0.6 is 11.8 Å². The molecule has 0 bridgehead atoms. The monoisotopic (exact) mass is 301 g/mol. The highest BCUT2D eigenvalue weighted by atomic mass is 32.2. The van der Waals surface area contributed by atoms with E-state index in [0.717, 1.165) is 23.9 Å². The third-order valence-electron chi connectivity index (χ3n) is 2.62. The molecule has 0 aliphatic heterocycles. The second kappa shape index (κ2) is 5.76. The number of H-pyrrole nitrogens is 1. The molecule has 0 unspecified atom stereocenters. The lowest BCUT2D eigenvalue weighted by Gasteiger charge is -2.10. The number of aromatic nitrogens is 3. The van der Waals surface area contributed by atoms with E-state index in [1.807, 2.05) is 0 Å². The number of aliphatic hydroxyl groups is 1. The van der Waals surface area contributed by atoms with Gasteiger partial charge in [0.2, 0.25) is 0 Å². The minimum Gasteiger partial charge on any atom is -0.392 e. The van der Waals surface area contributed by atoms with Gasteiger partial charge in [-0.15, -0.1) is 5.10 Å². The van der Waals surface area contributed by atoms with E-state index >= 15 is 0 Å². The highest BCUT2D eigenvalue weighted by Crippen LogP contribution is 2.31. The number of aliphatic hydroxyl groups excluding tert-OH is 1. The highest BCUT2D eigenvalue weighted by molar-refractivity contribution is 7.99. The van der Waals surface area contributed by atoms with E-state index in [4.69, 9.17) is 5.11 Å². The van der Waals surface area contributed by atoms with Gasteiger partial charge in [-0.25, -0.2) is 18.7 Å². The number of hydrogen-bond acceptors (Lipinski definition) is 4. The number of rotatable bonds is 4. The largest absolute Gasteiger partial charge is 0.392 e. The molecule has 0 spiro atoms. The van der Waals surface area contributed by atoms with Gasteiger partial charge in [0.1, 0.15) is 11.6 Å². The Bertz CT molecular complexity index is 659. The quantitative estimate of drug-likeness (QED) is 0.907. The lowest BCUT2D eigenvalue weighted by molar-refractivity contribution is 0.280. The van der Waals surface area contributed by atoms with Gasteiger partial charge in [0.15, 0.2) is 5.16 Å². The van der Waals surface area contributed by atoms with Gasteiger partial charge in [0.25, 0.3) is 0 Å². The van der Waals surface area contributed by atoms with Crippen molar-refractivity contribution < 1.29 is 13.9 Å². The summed E-state index contributed by atoms with van der Waals surface area (Å²) >= 11 is 0.725. The van der Waals surface area contributed by atoms with Crippen LogP contribution in [0.4, 0.5) is 8.78 Å². The van der Waals surface area contributed by atoms with Gasteiger partial charge < -0.3 is 5.11 Å². The summed E-state index contributed by atoms with van der Waals surface area (Å²) < 4.78 is 29.0. The standard InChI is InChI=1S/C12H13F2N3O2S/c1-6(2)17-11(19)15-16-12(17)20-10-8(13)3-7(5-18)4-9(10)14/h3-4,6,18H,5H2,1-2H3,(H,15,19). The van der Waals surface area contributed by atoms with Crippen molar-refractivity contribution in [3.8, 4) is 0 Å². The number of benzene rings is 1. The summed E-state index contributed by atoms with van der Waals surface area (Å²) in [6.07, 6.45) is 0. The van der Waals surface area contributed by atoms with E-state index in [-0.39, 0.29) is 21.7 Å². The summed E-state index contributed by atoms with van der Waals surface area (Å²) in [4.78, 5) is 11.3. The van der Waals surface area contributed by atoms with Crippen LogP contribution in [0.1, 0.15) is 25.5 Å². The van der Waals surface area contributed by atoms with Crippen LogP contribution in [0, 0.1) is 11.6 Å². The summed E-state index contributed by atoms with van der Waals surface area (Å²) in [7, 11) is 0. The normalized spacial score (nSPS) is 11.3. The molecule has 108 valence electrons. The Labute approximate surface area is 117 Å². The first-order valence-electron chi connectivity index (χ1n) is 5.87. The molecular weight excluding hydrogens is 288 g/mol. The molecule has 5 nitrogen and oxygen atoms in total. The Morgan fingerprint density at radius 2 is 2.00 bits per heavy atom. The van der Waals surface area contributed by atoms with Gasteiger partial charge in [0, 0.05) is 6.04 Å². The zero-order valence-corrected chi connectivity index (χ0v) is 11.7. The van der Waals surface area contributed by atoms with Crippen LogP contribution in [-0.2, 0) is 6.61 Å². The first-order chi connectivity index (χ1) is 9.43. The number of aromatic amines is 1. The Morgan fingerprint density at radius 3 is 2.50 bits per heavy atom. The van der Waals surface area contributed by atoms with Gasteiger partial charge in [0.05, 0.1) is 11.5 Å². The first kappa shape index (κ1) is 14.7. The molecule has 0 saturated carbocycles. The molecule has 0 aliphatic rings. The fraction of sp³-hybridized carbons (Fsp3) is 0.333. The molecular formula is C12H13F2N3O2S. The minimum absolute atomic E-state index is 0.146. The van der Waals surface area contributed by atoms with E-state index in [1.165, 1.54) is 4.57 Å². The third kappa shape index (κ3) is 2.75. The summed E-state index contributed by atoms with van der Waals surface area (Å²) in [6.45, 7) is 3.09. The maximum absolute atomic E-state index is 13.8. The van der Waals surface area contributed by atoms with Gasteiger partial charge in [-0.3, -0.25) is 4.57 Å². The molecule has 20 heavy (non-hydrogen) atoms. The second-order valence-corrected chi connectivity index (χ2v) is 5.40. The van der Waals surface area contributed by atoms with Crippen molar-refractivity contribution in [3.05, 3.63) is 39.8 Å². The SMILES string of the molecule is CC(C)n1c(Sc2c(F)cc(CO)cc2F)n[nH]c1=O. The van der Waals surface area contributed by atoms with Crippen molar-refractivity contribution in [2.24, 2.45) is 0 Å². The predicted octanol–water partition coefficient (Wildman–Crippen LogP) is 2.07. The summed E-state index contributed by atoms with van der Waals surface area (Å²) in [5.41, 5.74) is -0.289. The minimum atomic E-state index is -0.801. The van der Waals surface area contributed by atoms with Crippen LogP contribution in [0.25, 0.3) is 0 Å². The van der Waals surface area contributed by atoms with Crippen LogP contribution in [0.15, 0.2) is 27.0 Å². The molecule has 0 fully saturated rings. The molecule has 0 atom stereocenters. The highest BCUT2D eigenvalue weighted by Gasteiger charge is 2.18. The number of nitrogens with zero attached hydrogens (tertiary/aromatic N) is 2. The van der Waals surface area contributed by atoms with E-state index in [0.29, 0.717) is 0 Å². The van der Waals surface area contributed by atoms with Crippen molar-refractivity contribution in [1.29, 1.82) is 0 Å². The molecule has 0 aliphatic carbocycles. The van der Waals surface area contributed by atoms with E-state index in [9.17, 15) is 13.6 Å². The Morgan fingerprint density at radius 1 is 1.40 bits per heavy atom. The molecule has 2 rings (SSSR count). The van der Waals surface area contributed by atoms with Crippen molar-refractivity contribution in [2.45, 2.75) is 36.5 Å². The van der Waals surface area contributed by atoms with Crippen LogP contribution in [0.3, 0.4) is 0 Å². The molecule has 0 amide bonds. The van der Waals surface area contributed by atoms with Crippen LogP contribution in [0.2, 0.25) is 0 Å². The van der Waals surface area contributed by atoms with Gasteiger partial charge in [-0.05, 0) is 43.3 Å². The van der Waals surface area contributed by atoms with Crippen molar-refractivity contribution in [2.75, 3.05) is 0 Å². The van der Waals surface area contributed by atoms with Crippen LogP contribution in [-0.4, -0.2) is 19.9 Å². The molecule has 1 aromatic carbocycles. The molecule has 0 saturated heterocycles. The molecule has 1 heterocycles. The predicted molar refractivity (Wildman–Crippen MR) is 69.6 cm³/mol. The fourth-order valence-corrected chi connectivity index (χ4v) is 2.69. The lowest BCUT2D eigenvalue weighted by atomic mass is 10.2. The van der Waals surface area contributed by atoms with E-state index in [1.54, 1.807) is 13.8 Å². The van der Waals surface area contributed by atoms with E-state index in [2.05, 4.69) is 10.2 Å². The molecule has 1 aromatic heterocycles. The Hall–Kier alpha value is -1.67. The topological polar surface area (TPSA) is 70.9 Å². The van der Waals surface area contributed by atoms with Gasteiger partial charge >= 0.3 is 5.69 Å². The van der Waals surface area contributed by atoms with Crippen LogP contribution < -0.4 is 5.69 Å². The zero-order valence-electron chi connectivity index (χ0n) is 10.9. The summed E-state index contributed by atoms with van der Waals surface area (Å²) in [6, 6.07) is 1.91. The average molecular weight is 301 g/mol. The number of halogens is 2. The van der Waals surface area contributed by atoms with Gasteiger partial charge in [-0.2, -0.15) is 0 Å². The Balaban J connectivity index is 2.43. The molecule has 2 aromatic rings. The molecule has 2 N–H and O–H groups in total. The third-order valence-corrected chi connectivity index (χ3v) is 3.69. The summed E-state index contributed by atoms with van der Waals surface area (Å²) in [5.74, 6) is -1.60. The molecule has 0 radical (unpaired) electrons. The maximum atomic E-state index is 13.8. The van der Waals surface area contributed by atoms with Crippen LogP contribution in [0.5, 0.6) is 0 Å². The number of hydrogen-bond donors (Lipinski definition) is 2. The lowest BCUT2D eigenvalue weighted by Crippen LogP contribution is -2.19. The van der Waals surface area contributed by atoms with Crippen molar-refractivity contribution in [3.63, 3.8) is 0 Å². The molecule has 8 heteroatoms. The smallest absolute Gasteiger partial charge is 0.344 e. The second-order valence-electron chi connectivity index (χ2n) is 4.42. The van der Waals surface area contributed by atoms with E-state index < -0.39 is 23.9 Å². The zero-order chi connectivity index (χ0) is 14.9. The summed E-state index contributed by atoms with van der Waals surface area (Å²) in [5, 5.41) is 15.1.